The first-order valence-corrected chi connectivity index (χ1v) is 11.3. The summed E-state index contributed by atoms with van der Waals surface area (Å²) in [6.07, 6.45) is 7.61. The minimum Gasteiger partial charge on any atom is -0.334 e. The van der Waals surface area contributed by atoms with Crippen molar-refractivity contribution in [3.8, 4) is 11.3 Å². The predicted molar refractivity (Wildman–Crippen MR) is 117 cm³/mol. The van der Waals surface area contributed by atoms with Gasteiger partial charge in [0, 0.05) is 30.3 Å². The summed E-state index contributed by atoms with van der Waals surface area (Å²) in [5, 5.41) is 0. The second kappa shape index (κ2) is 6.77. The molecule has 0 saturated heterocycles. The Morgan fingerprint density at radius 1 is 1.03 bits per heavy atom. The minimum atomic E-state index is -3.31. The average molecular weight is 417 g/mol. The lowest BCUT2D eigenvalue weighted by Crippen LogP contribution is -2.09. The number of nitrogens with one attached hydrogen (secondary N) is 1. The lowest BCUT2D eigenvalue weighted by molar-refractivity contribution is 0.607. The van der Waals surface area contributed by atoms with Crippen molar-refractivity contribution in [2.24, 2.45) is 7.05 Å². The highest BCUT2D eigenvalue weighted by Gasteiger charge is 2.20. The van der Waals surface area contributed by atoms with E-state index >= 15 is 0 Å². The number of anilines is 1. The van der Waals surface area contributed by atoms with Gasteiger partial charge in [-0.3, -0.25) is 9.71 Å². The highest BCUT2D eigenvalue weighted by molar-refractivity contribution is 7.92. The maximum Gasteiger partial charge on any atom is 0.229 e. The maximum atomic E-state index is 11.4. The van der Waals surface area contributed by atoms with Gasteiger partial charge in [-0.15, -0.1) is 0 Å². The molecule has 0 amide bonds. The summed E-state index contributed by atoms with van der Waals surface area (Å²) >= 11 is 0. The Hall–Kier alpha value is -3.52. The van der Waals surface area contributed by atoms with Gasteiger partial charge in [0.15, 0.2) is 0 Å². The molecule has 150 valence electrons. The first kappa shape index (κ1) is 18.5. The SMILES string of the molecule is Cn1cnc2ccc(C3=CCc4ncc(-c5ccc(NS(C)(=O)=O)cc5)nc43)cc21. The van der Waals surface area contributed by atoms with Crippen molar-refractivity contribution in [2.75, 3.05) is 11.0 Å². The third-order valence-corrected chi connectivity index (χ3v) is 5.73. The number of aromatic nitrogens is 4. The Morgan fingerprint density at radius 3 is 2.57 bits per heavy atom. The monoisotopic (exact) mass is 417 g/mol. The third-order valence-electron chi connectivity index (χ3n) is 5.12. The number of benzene rings is 2. The summed E-state index contributed by atoms with van der Waals surface area (Å²) in [5.41, 5.74) is 8.15. The standard InChI is InChI=1S/C22H19N5O2S/c1-27-13-24-18-9-5-15(11-21(18)27)17-8-10-19-22(17)25-20(12-23-19)14-3-6-16(7-4-14)26-30(2,28)29/h3-9,11-13,26H,10H2,1-2H3. The van der Waals surface area contributed by atoms with E-state index in [2.05, 4.69) is 32.9 Å². The van der Waals surface area contributed by atoms with Crippen molar-refractivity contribution in [1.29, 1.82) is 0 Å². The lowest BCUT2D eigenvalue weighted by Gasteiger charge is -2.09. The molecule has 0 unspecified atom stereocenters. The first-order valence-electron chi connectivity index (χ1n) is 9.43. The predicted octanol–water partition coefficient (Wildman–Crippen LogP) is 3.39. The Morgan fingerprint density at radius 2 is 1.80 bits per heavy atom. The number of imidazole rings is 1. The summed E-state index contributed by atoms with van der Waals surface area (Å²) in [6.45, 7) is 0. The van der Waals surface area contributed by atoms with Crippen LogP contribution in [0, 0.1) is 0 Å². The number of nitrogens with zero attached hydrogens (tertiary/aromatic N) is 4. The molecule has 0 radical (unpaired) electrons. The zero-order valence-corrected chi connectivity index (χ0v) is 17.3. The summed E-state index contributed by atoms with van der Waals surface area (Å²) in [6, 6.07) is 13.3. The van der Waals surface area contributed by atoms with Crippen LogP contribution in [0.25, 0.3) is 27.9 Å². The summed E-state index contributed by atoms with van der Waals surface area (Å²) in [4.78, 5) is 13.9. The molecule has 0 fully saturated rings. The third kappa shape index (κ3) is 3.35. The summed E-state index contributed by atoms with van der Waals surface area (Å²) in [7, 11) is -1.32. The highest BCUT2D eigenvalue weighted by Crippen LogP contribution is 2.33. The smallest absolute Gasteiger partial charge is 0.229 e. The van der Waals surface area contributed by atoms with Crippen LogP contribution in [0.5, 0.6) is 0 Å². The number of rotatable bonds is 4. The van der Waals surface area contributed by atoms with Crippen LogP contribution in [0.2, 0.25) is 0 Å². The van der Waals surface area contributed by atoms with E-state index in [1.807, 2.05) is 36.1 Å². The van der Waals surface area contributed by atoms with Crippen molar-refractivity contribution in [3.63, 3.8) is 0 Å². The van der Waals surface area contributed by atoms with E-state index in [1.165, 1.54) is 0 Å². The topological polar surface area (TPSA) is 89.8 Å². The fourth-order valence-electron chi connectivity index (χ4n) is 3.68. The second-order valence-corrected chi connectivity index (χ2v) is 9.13. The summed E-state index contributed by atoms with van der Waals surface area (Å²) < 4.78 is 27.3. The van der Waals surface area contributed by atoms with Gasteiger partial charge in [-0.1, -0.05) is 24.3 Å². The van der Waals surface area contributed by atoms with Gasteiger partial charge in [-0.25, -0.2) is 18.4 Å². The van der Waals surface area contributed by atoms with Gasteiger partial charge in [-0.2, -0.15) is 0 Å². The summed E-state index contributed by atoms with van der Waals surface area (Å²) in [5.74, 6) is 0. The average Bonchev–Trinajstić information content (AvgIpc) is 3.30. The van der Waals surface area contributed by atoms with Crippen LogP contribution < -0.4 is 4.72 Å². The van der Waals surface area contributed by atoms with Crippen LogP contribution in [0.3, 0.4) is 0 Å². The van der Waals surface area contributed by atoms with E-state index in [0.29, 0.717) is 5.69 Å². The highest BCUT2D eigenvalue weighted by atomic mass is 32.2. The molecule has 2 aromatic heterocycles. The first-order chi connectivity index (χ1) is 14.4. The van der Waals surface area contributed by atoms with Gasteiger partial charge in [0.05, 0.1) is 46.9 Å². The molecule has 2 heterocycles. The molecule has 0 bridgehead atoms. The van der Waals surface area contributed by atoms with Crippen molar-refractivity contribution < 1.29 is 8.42 Å². The van der Waals surface area contributed by atoms with Crippen LogP contribution in [0.1, 0.15) is 17.0 Å². The van der Waals surface area contributed by atoms with Gasteiger partial charge in [0.2, 0.25) is 10.0 Å². The largest absolute Gasteiger partial charge is 0.334 e. The molecule has 0 atom stereocenters. The Labute approximate surface area is 174 Å². The zero-order chi connectivity index (χ0) is 20.9. The van der Waals surface area contributed by atoms with Gasteiger partial charge < -0.3 is 4.57 Å². The normalized spacial score (nSPS) is 13.3. The molecule has 1 aliphatic carbocycles. The number of allylic oxidation sites excluding steroid dienone is 1. The molecule has 0 spiro atoms. The Balaban J connectivity index is 1.50. The van der Waals surface area contributed by atoms with Crippen LogP contribution in [-0.2, 0) is 23.5 Å². The van der Waals surface area contributed by atoms with Crippen LogP contribution in [-0.4, -0.2) is 34.2 Å². The van der Waals surface area contributed by atoms with Crippen LogP contribution in [0.15, 0.2) is 61.1 Å². The Bertz CT molecular complexity index is 1420. The molecular weight excluding hydrogens is 398 g/mol. The minimum absolute atomic E-state index is 0.514. The van der Waals surface area contributed by atoms with Crippen molar-refractivity contribution in [3.05, 3.63) is 78.0 Å². The number of hydrogen-bond acceptors (Lipinski definition) is 5. The molecule has 0 aliphatic heterocycles. The van der Waals surface area contributed by atoms with Gasteiger partial charge in [0.25, 0.3) is 0 Å². The van der Waals surface area contributed by atoms with E-state index in [4.69, 9.17) is 4.98 Å². The van der Waals surface area contributed by atoms with Crippen molar-refractivity contribution in [1.82, 2.24) is 19.5 Å². The fraction of sp³-hybridized carbons (Fsp3) is 0.136. The molecule has 1 N–H and O–H groups in total. The van der Waals surface area contributed by atoms with Gasteiger partial charge in [0.1, 0.15) is 0 Å². The molecule has 5 rings (SSSR count). The van der Waals surface area contributed by atoms with Crippen molar-refractivity contribution >= 4 is 32.3 Å². The van der Waals surface area contributed by atoms with Gasteiger partial charge >= 0.3 is 0 Å². The molecule has 2 aromatic carbocycles. The molecule has 4 aromatic rings. The maximum absolute atomic E-state index is 11.4. The van der Waals surface area contributed by atoms with Crippen LogP contribution >= 0.6 is 0 Å². The number of hydrogen-bond donors (Lipinski definition) is 1. The van der Waals surface area contributed by atoms with E-state index in [0.717, 1.165) is 57.5 Å². The molecular formula is C22H19N5O2S. The van der Waals surface area contributed by atoms with E-state index in [1.54, 1.807) is 18.3 Å². The van der Waals surface area contributed by atoms with E-state index in [-0.39, 0.29) is 0 Å². The lowest BCUT2D eigenvalue weighted by atomic mass is 10.0. The molecule has 7 nitrogen and oxygen atoms in total. The van der Waals surface area contributed by atoms with Crippen LogP contribution in [0.4, 0.5) is 5.69 Å². The molecule has 1 aliphatic rings. The Kier molecular flexibility index (Phi) is 4.18. The molecule has 0 saturated carbocycles. The fourth-order valence-corrected chi connectivity index (χ4v) is 4.25. The second-order valence-electron chi connectivity index (χ2n) is 7.38. The zero-order valence-electron chi connectivity index (χ0n) is 16.5. The quantitative estimate of drug-likeness (QED) is 0.550. The molecule has 8 heteroatoms. The number of sulfonamides is 1. The number of aryl methyl sites for hydroxylation is 1. The van der Waals surface area contributed by atoms with E-state index < -0.39 is 10.0 Å². The van der Waals surface area contributed by atoms with Gasteiger partial charge in [-0.05, 0) is 29.8 Å². The molecule has 30 heavy (non-hydrogen) atoms. The van der Waals surface area contributed by atoms with E-state index in [9.17, 15) is 8.42 Å². The van der Waals surface area contributed by atoms with Crippen molar-refractivity contribution in [2.45, 2.75) is 6.42 Å². The number of fused-ring (bicyclic) bond motifs is 2.